The number of hydrogen-bond acceptors (Lipinski definition) is 4. The molecule has 3 heterocycles. The van der Waals surface area contributed by atoms with Gasteiger partial charge in [-0.1, -0.05) is 11.6 Å². The second-order valence-corrected chi connectivity index (χ2v) is 7.05. The molecule has 0 saturated heterocycles. The number of nitrogens with zero attached hydrogens (tertiary/aromatic N) is 3. The summed E-state index contributed by atoms with van der Waals surface area (Å²) in [6, 6.07) is 9.35. The van der Waals surface area contributed by atoms with E-state index in [1.165, 1.54) is 11.1 Å². The van der Waals surface area contributed by atoms with Crippen LogP contribution in [0.5, 0.6) is 0 Å². The van der Waals surface area contributed by atoms with Crippen LogP contribution in [0.25, 0.3) is 11.4 Å². The van der Waals surface area contributed by atoms with Crippen molar-refractivity contribution in [1.29, 1.82) is 0 Å². The standard InChI is InChI=1S/C20H19ClN4O/c1-13-6-8-22-10-15(13)11-25-9-7-18-17(12-25)20(26)24-19(23-18)14-2-4-16(21)5-3-14/h2-6,8,10H,7,9,11-12H2,1H3,(H,23,24,26). The van der Waals surface area contributed by atoms with Crippen molar-refractivity contribution in [3.63, 3.8) is 0 Å². The van der Waals surface area contributed by atoms with Crippen LogP contribution in [0.15, 0.2) is 47.5 Å². The molecule has 0 radical (unpaired) electrons. The summed E-state index contributed by atoms with van der Waals surface area (Å²) in [5.41, 5.74) is 4.86. The highest BCUT2D eigenvalue weighted by atomic mass is 35.5. The molecule has 3 aromatic rings. The van der Waals surface area contributed by atoms with Crippen LogP contribution in [0.2, 0.25) is 5.02 Å². The van der Waals surface area contributed by atoms with Gasteiger partial charge in [0.1, 0.15) is 5.82 Å². The van der Waals surface area contributed by atoms with Gasteiger partial charge in [0.2, 0.25) is 0 Å². The Morgan fingerprint density at radius 1 is 1.23 bits per heavy atom. The first-order valence-electron chi connectivity index (χ1n) is 8.60. The van der Waals surface area contributed by atoms with Crippen LogP contribution in [0.1, 0.15) is 22.4 Å². The zero-order valence-corrected chi connectivity index (χ0v) is 15.3. The molecule has 132 valence electrons. The van der Waals surface area contributed by atoms with Gasteiger partial charge in [-0.25, -0.2) is 4.98 Å². The predicted molar refractivity (Wildman–Crippen MR) is 102 cm³/mol. The fraction of sp³-hybridized carbons (Fsp3) is 0.250. The van der Waals surface area contributed by atoms with E-state index in [4.69, 9.17) is 16.6 Å². The van der Waals surface area contributed by atoms with Crippen molar-refractivity contribution in [3.8, 4) is 11.4 Å². The monoisotopic (exact) mass is 366 g/mol. The summed E-state index contributed by atoms with van der Waals surface area (Å²) in [5.74, 6) is 0.599. The zero-order valence-electron chi connectivity index (χ0n) is 14.5. The Hall–Kier alpha value is -2.50. The topological polar surface area (TPSA) is 61.9 Å². The lowest BCUT2D eigenvalue weighted by Gasteiger charge is -2.28. The summed E-state index contributed by atoms with van der Waals surface area (Å²) in [6.07, 6.45) is 4.47. The van der Waals surface area contributed by atoms with Gasteiger partial charge in [0.25, 0.3) is 5.56 Å². The molecule has 0 fully saturated rings. The van der Waals surface area contributed by atoms with Gasteiger partial charge < -0.3 is 4.98 Å². The maximum Gasteiger partial charge on any atom is 0.255 e. The number of hydrogen-bond donors (Lipinski definition) is 1. The van der Waals surface area contributed by atoms with Crippen molar-refractivity contribution >= 4 is 11.6 Å². The van der Waals surface area contributed by atoms with E-state index in [9.17, 15) is 4.79 Å². The quantitative estimate of drug-likeness (QED) is 0.772. The Morgan fingerprint density at radius 3 is 2.81 bits per heavy atom. The molecular formula is C20H19ClN4O. The van der Waals surface area contributed by atoms with Crippen molar-refractivity contribution in [1.82, 2.24) is 19.9 Å². The molecule has 0 saturated carbocycles. The van der Waals surface area contributed by atoms with Crippen LogP contribution in [0, 0.1) is 6.92 Å². The van der Waals surface area contributed by atoms with Crippen molar-refractivity contribution in [2.24, 2.45) is 0 Å². The summed E-state index contributed by atoms with van der Waals surface area (Å²) in [5, 5.41) is 0.662. The smallest absolute Gasteiger partial charge is 0.255 e. The van der Waals surface area contributed by atoms with Gasteiger partial charge in [0.05, 0.1) is 11.3 Å². The van der Waals surface area contributed by atoms with E-state index < -0.39 is 0 Å². The van der Waals surface area contributed by atoms with Crippen molar-refractivity contribution < 1.29 is 0 Å². The molecule has 1 aliphatic heterocycles. The molecule has 1 aromatic carbocycles. The Balaban J connectivity index is 1.59. The van der Waals surface area contributed by atoms with Crippen LogP contribution in [-0.2, 0) is 19.5 Å². The van der Waals surface area contributed by atoms with Gasteiger partial charge in [-0.2, -0.15) is 0 Å². The van der Waals surface area contributed by atoms with Gasteiger partial charge in [-0.05, 0) is 48.4 Å². The first-order valence-corrected chi connectivity index (χ1v) is 8.98. The number of benzene rings is 1. The molecule has 26 heavy (non-hydrogen) atoms. The molecular weight excluding hydrogens is 348 g/mol. The lowest BCUT2D eigenvalue weighted by atomic mass is 10.0. The minimum absolute atomic E-state index is 0.0624. The highest BCUT2D eigenvalue weighted by Crippen LogP contribution is 2.21. The molecule has 0 atom stereocenters. The number of fused-ring (bicyclic) bond motifs is 1. The van der Waals surface area contributed by atoms with E-state index in [1.54, 1.807) is 18.3 Å². The summed E-state index contributed by atoms with van der Waals surface area (Å²) in [6.45, 7) is 4.35. The number of nitrogens with one attached hydrogen (secondary N) is 1. The molecule has 0 bridgehead atoms. The molecule has 1 aliphatic rings. The maximum atomic E-state index is 12.6. The van der Waals surface area contributed by atoms with Gasteiger partial charge >= 0.3 is 0 Å². The van der Waals surface area contributed by atoms with Crippen LogP contribution in [-0.4, -0.2) is 26.4 Å². The van der Waals surface area contributed by atoms with Gasteiger partial charge in [-0.3, -0.25) is 14.7 Å². The van der Waals surface area contributed by atoms with E-state index in [-0.39, 0.29) is 5.56 Å². The molecule has 0 aliphatic carbocycles. The maximum absolute atomic E-state index is 12.6. The Kier molecular flexibility index (Phi) is 4.57. The molecule has 1 N–H and O–H groups in total. The number of H-pyrrole nitrogens is 1. The lowest BCUT2D eigenvalue weighted by Crippen LogP contribution is -2.35. The van der Waals surface area contributed by atoms with E-state index >= 15 is 0 Å². The molecule has 0 spiro atoms. The number of rotatable bonds is 3. The van der Waals surface area contributed by atoms with Crippen molar-refractivity contribution in [2.75, 3.05) is 6.54 Å². The normalized spacial score (nSPS) is 14.2. The molecule has 2 aromatic heterocycles. The Bertz CT molecular complexity index is 997. The summed E-state index contributed by atoms with van der Waals surface area (Å²) in [7, 11) is 0. The SMILES string of the molecule is Cc1ccncc1CN1CCc2nc(-c3ccc(Cl)cc3)[nH]c(=O)c2C1. The Labute approximate surface area is 156 Å². The van der Waals surface area contributed by atoms with E-state index in [0.29, 0.717) is 17.4 Å². The molecule has 0 amide bonds. The number of pyridine rings is 1. The van der Waals surface area contributed by atoms with Crippen LogP contribution in [0.3, 0.4) is 0 Å². The average molecular weight is 367 g/mol. The third-order valence-electron chi connectivity index (χ3n) is 4.81. The molecule has 6 heteroatoms. The van der Waals surface area contributed by atoms with Gasteiger partial charge in [0, 0.05) is 49.0 Å². The van der Waals surface area contributed by atoms with E-state index in [1.807, 2.05) is 24.4 Å². The molecule has 0 unspecified atom stereocenters. The first-order chi connectivity index (χ1) is 12.6. The fourth-order valence-electron chi connectivity index (χ4n) is 3.26. The van der Waals surface area contributed by atoms with Gasteiger partial charge in [0.15, 0.2) is 0 Å². The Morgan fingerprint density at radius 2 is 2.04 bits per heavy atom. The first kappa shape index (κ1) is 16.9. The predicted octanol–water partition coefficient (Wildman–Crippen LogP) is 3.35. The number of aryl methyl sites for hydroxylation is 1. The average Bonchev–Trinajstić information content (AvgIpc) is 2.64. The third kappa shape index (κ3) is 3.41. The molecule has 4 rings (SSSR count). The number of halogens is 1. The second-order valence-electron chi connectivity index (χ2n) is 6.61. The van der Waals surface area contributed by atoms with E-state index in [0.717, 1.165) is 36.3 Å². The van der Waals surface area contributed by atoms with Crippen molar-refractivity contribution in [2.45, 2.75) is 26.4 Å². The second kappa shape index (κ2) is 7.02. The summed E-state index contributed by atoms with van der Waals surface area (Å²) < 4.78 is 0. The van der Waals surface area contributed by atoms with Crippen LogP contribution < -0.4 is 5.56 Å². The highest BCUT2D eigenvalue weighted by Gasteiger charge is 2.22. The summed E-state index contributed by atoms with van der Waals surface area (Å²) in [4.78, 5) is 26.7. The van der Waals surface area contributed by atoms with Crippen molar-refractivity contribution in [3.05, 3.63) is 80.5 Å². The third-order valence-corrected chi connectivity index (χ3v) is 5.06. The van der Waals surface area contributed by atoms with E-state index in [2.05, 4.69) is 21.8 Å². The lowest BCUT2D eigenvalue weighted by molar-refractivity contribution is 0.241. The fourth-order valence-corrected chi connectivity index (χ4v) is 3.39. The number of aromatic nitrogens is 3. The number of aromatic amines is 1. The minimum atomic E-state index is -0.0624. The highest BCUT2D eigenvalue weighted by molar-refractivity contribution is 6.30. The minimum Gasteiger partial charge on any atom is -0.306 e. The van der Waals surface area contributed by atoms with Gasteiger partial charge in [-0.15, -0.1) is 0 Å². The largest absolute Gasteiger partial charge is 0.306 e. The summed E-state index contributed by atoms with van der Waals surface area (Å²) >= 11 is 5.94. The zero-order chi connectivity index (χ0) is 18.1. The van der Waals surface area contributed by atoms with Crippen LogP contribution >= 0.6 is 11.6 Å². The van der Waals surface area contributed by atoms with Crippen LogP contribution in [0.4, 0.5) is 0 Å². The molecule has 5 nitrogen and oxygen atoms in total.